The third-order valence-electron chi connectivity index (χ3n) is 2.74. The first kappa shape index (κ1) is 13.9. The van der Waals surface area contributed by atoms with Crippen LogP contribution in [0.5, 0.6) is 0 Å². The van der Waals surface area contributed by atoms with Crippen LogP contribution in [0.15, 0.2) is 47.4 Å². The van der Waals surface area contributed by atoms with Gasteiger partial charge in [-0.2, -0.15) is 0 Å². The number of anilines is 1. The van der Waals surface area contributed by atoms with Gasteiger partial charge < -0.3 is 0 Å². The van der Waals surface area contributed by atoms with E-state index >= 15 is 0 Å². The molecule has 0 aliphatic heterocycles. The summed E-state index contributed by atoms with van der Waals surface area (Å²) < 4.78 is 27.1. The van der Waals surface area contributed by atoms with Gasteiger partial charge >= 0.3 is 0 Å². The average Bonchev–Trinajstić information content (AvgIpc) is 2.33. The topological polar surface area (TPSA) is 46.2 Å². The fourth-order valence-electron chi connectivity index (χ4n) is 1.69. The third kappa shape index (κ3) is 3.28. The minimum Gasteiger partial charge on any atom is -0.279 e. The summed E-state index contributed by atoms with van der Waals surface area (Å²) in [5.41, 5.74) is 2.21. The van der Waals surface area contributed by atoms with Gasteiger partial charge in [0.2, 0.25) is 0 Å². The van der Waals surface area contributed by atoms with Gasteiger partial charge in [0.1, 0.15) is 0 Å². The molecular formula is C14H14ClNO2S. The molecule has 0 radical (unpaired) electrons. The van der Waals surface area contributed by atoms with Crippen molar-refractivity contribution in [3.8, 4) is 0 Å². The minimum absolute atomic E-state index is 0.242. The van der Waals surface area contributed by atoms with Crippen molar-refractivity contribution in [2.24, 2.45) is 0 Å². The van der Waals surface area contributed by atoms with E-state index in [0.29, 0.717) is 10.7 Å². The first-order valence-electron chi connectivity index (χ1n) is 5.74. The van der Waals surface area contributed by atoms with Gasteiger partial charge in [0, 0.05) is 5.02 Å². The second-order valence-electron chi connectivity index (χ2n) is 4.38. The second-order valence-corrected chi connectivity index (χ2v) is 6.50. The zero-order valence-electron chi connectivity index (χ0n) is 10.6. The lowest BCUT2D eigenvalue weighted by Gasteiger charge is -2.11. The molecule has 0 aromatic heterocycles. The molecule has 2 aromatic rings. The summed E-state index contributed by atoms with van der Waals surface area (Å²) in [4.78, 5) is 0.242. The number of sulfonamides is 1. The van der Waals surface area contributed by atoms with Crippen LogP contribution in [0.1, 0.15) is 11.1 Å². The molecule has 0 fully saturated rings. The molecule has 1 N–H and O–H groups in total. The summed E-state index contributed by atoms with van der Waals surface area (Å²) in [5, 5.41) is 0.493. The van der Waals surface area contributed by atoms with Crippen LogP contribution in [0.2, 0.25) is 5.02 Å². The van der Waals surface area contributed by atoms with Gasteiger partial charge in [0.05, 0.1) is 10.6 Å². The molecule has 0 aliphatic rings. The second kappa shape index (κ2) is 5.23. The summed E-state index contributed by atoms with van der Waals surface area (Å²) in [6.45, 7) is 3.67. The van der Waals surface area contributed by atoms with Gasteiger partial charge in [-0.15, -0.1) is 0 Å². The highest BCUT2D eigenvalue weighted by Gasteiger charge is 2.15. The van der Waals surface area contributed by atoms with Crippen molar-refractivity contribution in [2.75, 3.05) is 4.72 Å². The molecule has 0 aliphatic carbocycles. The first-order valence-corrected chi connectivity index (χ1v) is 7.60. The Morgan fingerprint density at radius 1 is 1.05 bits per heavy atom. The van der Waals surface area contributed by atoms with Gasteiger partial charge in [-0.3, -0.25) is 4.72 Å². The Bertz CT molecular complexity index is 711. The molecular weight excluding hydrogens is 282 g/mol. The largest absolute Gasteiger partial charge is 0.279 e. The molecule has 0 spiro atoms. The van der Waals surface area contributed by atoms with Gasteiger partial charge in [-0.1, -0.05) is 29.8 Å². The zero-order chi connectivity index (χ0) is 14.0. The van der Waals surface area contributed by atoms with Crippen molar-refractivity contribution in [3.05, 3.63) is 58.6 Å². The number of nitrogens with one attached hydrogen (secondary N) is 1. The maximum absolute atomic E-state index is 12.3. The number of halogens is 1. The lowest BCUT2D eigenvalue weighted by atomic mass is 10.2. The zero-order valence-corrected chi connectivity index (χ0v) is 12.2. The number of hydrogen-bond donors (Lipinski definition) is 1. The maximum atomic E-state index is 12.3. The Morgan fingerprint density at radius 2 is 1.79 bits per heavy atom. The molecule has 0 saturated carbocycles. The minimum atomic E-state index is -3.58. The molecule has 0 bridgehead atoms. The van der Waals surface area contributed by atoms with E-state index in [2.05, 4.69) is 4.72 Å². The van der Waals surface area contributed by atoms with Crippen molar-refractivity contribution in [1.82, 2.24) is 0 Å². The Kier molecular flexibility index (Phi) is 3.83. The third-order valence-corrected chi connectivity index (χ3v) is 4.34. The van der Waals surface area contributed by atoms with E-state index in [1.807, 2.05) is 19.9 Å². The van der Waals surface area contributed by atoms with E-state index in [9.17, 15) is 8.42 Å². The van der Waals surface area contributed by atoms with E-state index in [-0.39, 0.29) is 4.90 Å². The number of hydrogen-bond acceptors (Lipinski definition) is 2. The van der Waals surface area contributed by atoms with Crippen molar-refractivity contribution in [1.29, 1.82) is 0 Å². The van der Waals surface area contributed by atoms with Crippen LogP contribution in [0, 0.1) is 13.8 Å². The maximum Gasteiger partial charge on any atom is 0.261 e. The highest BCUT2D eigenvalue weighted by Crippen LogP contribution is 2.23. The van der Waals surface area contributed by atoms with Gasteiger partial charge in [0.15, 0.2) is 0 Å². The van der Waals surface area contributed by atoms with Gasteiger partial charge in [0.25, 0.3) is 10.0 Å². The fraction of sp³-hybridized carbons (Fsp3) is 0.143. The number of benzene rings is 2. The molecule has 0 atom stereocenters. The van der Waals surface area contributed by atoms with Gasteiger partial charge in [-0.05, 0) is 49.2 Å². The van der Waals surface area contributed by atoms with Crippen molar-refractivity contribution in [2.45, 2.75) is 18.7 Å². The van der Waals surface area contributed by atoms with E-state index in [0.717, 1.165) is 11.1 Å². The smallest absolute Gasteiger partial charge is 0.261 e. The summed E-state index contributed by atoms with van der Waals surface area (Å²) in [6.07, 6.45) is 0. The molecule has 0 saturated heterocycles. The van der Waals surface area contributed by atoms with Crippen molar-refractivity contribution in [3.63, 3.8) is 0 Å². The summed E-state index contributed by atoms with van der Waals surface area (Å²) in [6, 6.07) is 11.9. The van der Waals surface area contributed by atoms with Crippen LogP contribution in [-0.4, -0.2) is 8.42 Å². The molecule has 0 amide bonds. The van der Waals surface area contributed by atoms with Crippen LogP contribution in [-0.2, 0) is 10.0 Å². The highest BCUT2D eigenvalue weighted by molar-refractivity contribution is 7.92. The van der Waals surface area contributed by atoms with Crippen molar-refractivity contribution < 1.29 is 8.42 Å². The predicted octanol–water partition coefficient (Wildman–Crippen LogP) is 3.76. The van der Waals surface area contributed by atoms with Crippen LogP contribution >= 0.6 is 11.6 Å². The predicted molar refractivity (Wildman–Crippen MR) is 78.2 cm³/mol. The molecule has 3 nitrogen and oxygen atoms in total. The quantitative estimate of drug-likeness (QED) is 0.937. The SMILES string of the molecule is Cc1cccc(S(=O)(=O)Nc2cc(Cl)ccc2C)c1. The van der Waals surface area contributed by atoms with E-state index in [4.69, 9.17) is 11.6 Å². The standard InChI is InChI=1S/C14H14ClNO2S/c1-10-4-3-5-13(8-10)19(17,18)16-14-9-12(15)7-6-11(14)2/h3-9,16H,1-2H3. The Labute approximate surface area is 118 Å². The molecule has 2 rings (SSSR count). The van der Waals surface area contributed by atoms with Crippen molar-refractivity contribution >= 4 is 27.3 Å². The molecule has 2 aromatic carbocycles. The van der Waals surface area contributed by atoms with Crippen LogP contribution < -0.4 is 4.72 Å². The van der Waals surface area contributed by atoms with E-state index < -0.39 is 10.0 Å². The summed E-state index contributed by atoms with van der Waals surface area (Å²) in [7, 11) is -3.58. The first-order chi connectivity index (χ1) is 8.88. The number of aryl methyl sites for hydroxylation is 2. The van der Waals surface area contributed by atoms with E-state index in [1.54, 1.807) is 36.4 Å². The van der Waals surface area contributed by atoms with E-state index in [1.165, 1.54) is 0 Å². The Morgan fingerprint density at radius 3 is 2.47 bits per heavy atom. The monoisotopic (exact) mass is 295 g/mol. The fourth-order valence-corrected chi connectivity index (χ4v) is 3.09. The van der Waals surface area contributed by atoms with Crippen LogP contribution in [0.4, 0.5) is 5.69 Å². The Hall–Kier alpha value is -1.52. The van der Waals surface area contributed by atoms with Crippen LogP contribution in [0.3, 0.4) is 0 Å². The summed E-state index contributed by atoms with van der Waals surface area (Å²) >= 11 is 5.88. The Balaban J connectivity index is 2.39. The van der Waals surface area contributed by atoms with Gasteiger partial charge in [-0.25, -0.2) is 8.42 Å². The molecule has 0 unspecified atom stereocenters. The number of rotatable bonds is 3. The lowest BCUT2D eigenvalue weighted by molar-refractivity contribution is 0.601. The highest BCUT2D eigenvalue weighted by atomic mass is 35.5. The summed E-state index contributed by atoms with van der Waals surface area (Å²) in [5.74, 6) is 0. The molecule has 5 heteroatoms. The molecule has 0 heterocycles. The van der Waals surface area contributed by atoms with Crippen LogP contribution in [0.25, 0.3) is 0 Å². The lowest BCUT2D eigenvalue weighted by Crippen LogP contribution is -2.13. The molecule has 100 valence electrons. The molecule has 19 heavy (non-hydrogen) atoms. The average molecular weight is 296 g/mol. The normalized spacial score (nSPS) is 11.3.